The Morgan fingerprint density at radius 3 is 2.43 bits per heavy atom. The zero-order valence-corrected chi connectivity index (χ0v) is 7.83. The van der Waals surface area contributed by atoms with Crippen LogP contribution < -0.4 is 0 Å². The van der Waals surface area contributed by atoms with Crippen molar-refractivity contribution in [3.05, 3.63) is 35.4 Å². The second kappa shape index (κ2) is 3.07. The molecule has 1 heterocycles. The van der Waals surface area contributed by atoms with Crippen LogP contribution in [0.25, 0.3) is 0 Å². The number of benzene rings is 1. The fraction of sp³-hybridized carbons (Fsp3) is 0.364. The number of hydrogen-bond acceptors (Lipinski definition) is 2. The molecule has 0 saturated carbocycles. The van der Waals surface area contributed by atoms with E-state index in [0.29, 0.717) is 12.0 Å². The average molecular weight is 191 g/mol. The third kappa shape index (κ3) is 1.19. The summed E-state index contributed by atoms with van der Waals surface area (Å²) in [7, 11) is 0. The van der Waals surface area contributed by atoms with E-state index in [4.69, 9.17) is 10.00 Å². The highest BCUT2D eigenvalue weighted by atomic mass is 19.2. The summed E-state index contributed by atoms with van der Waals surface area (Å²) >= 11 is 0. The Morgan fingerprint density at radius 1 is 1.50 bits per heavy atom. The van der Waals surface area contributed by atoms with E-state index in [9.17, 15) is 4.39 Å². The van der Waals surface area contributed by atoms with Gasteiger partial charge in [0.25, 0.3) is 0 Å². The van der Waals surface area contributed by atoms with E-state index in [2.05, 4.69) is 0 Å². The molecule has 0 aromatic heterocycles. The third-order valence-corrected chi connectivity index (χ3v) is 2.65. The number of halogens is 1. The minimum absolute atomic E-state index is 0.580. The quantitative estimate of drug-likeness (QED) is 0.673. The SMILES string of the molecule is CCC1(c2ccc(C#N)cc2)OC1F. The van der Waals surface area contributed by atoms with Gasteiger partial charge >= 0.3 is 0 Å². The zero-order chi connectivity index (χ0) is 10.2. The Kier molecular flexibility index (Phi) is 2.01. The monoisotopic (exact) mass is 191 g/mol. The summed E-state index contributed by atoms with van der Waals surface area (Å²) in [6.45, 7) is 1.89. The Labute approximate surface area is 81.9 Å². The van der Waals surface area contributed by atoms with Gasteiger partial charge in [0.15, 0.2) is 5.60 Å². The van der Waals surface area contributed by atoms with Gasteiger partial charge in [-0.1, -0.05) is 19.1 Å². The highest BCUT2D eigenvalue weighted by molar-refractivity contribution is 5.36. The summed E-state index contributed by atoms with van der Waals surface area (Å²) in [4.78, 5) is 0. The molecule has 72 valence electrons. The lowest BCUT2D eigenvalue weighted by molar-refractivity contribution is 0.243. The molecule has 0 N–H and O–H groups in total. The number of epoxide rings is 1. The van der Waals surface area contributed by atoms with Crippen molar-refractivity contribution >= 4 is 0 Å². The van der Waals surface area contributed by atoms with Crippen molar-refractivity contribution in [2.75, 3.05) is 0 Å². The molecule has 2 nitrogen and oxygen atoms in total. The number of ether oxygens (including phenoxy) is 1. The first-order valence-corrected chi connectivity index (χ1v) is 4.55. The molecule has 3 heteroatoms. The summed E-state index contributed by atoms with van der Waals surface area (Å²) in [5.74, 6) is 0. The lowest BCUT2D eigenvalue weighted by Gasteiger charge is -2.07. The van der Waals surface area contributed by atoms with Crippen LogP contribution in [0.3, 0.4) is 0 Å². The molecule has 0 spiro atoms. The van der Waals surface area contributed by atoms with Gasteiger partial charge in [0.2, 0.25) is 6.36 Å². The molecule has 1 fully saturated rings. The van der Waals surface area contributed by atoms with E-state index in [0.717, 1.165) is 5.56 Å². The second-order valence-electron chi connectivity index (χ2n) is 3.37. The van der Waals surface area contributed by atoms with Gasteiger partial charge in [0.1, 0.15) is 0 Å². The molecular weight excluding hydrogens is 181 g/mol. The minimum atomic E-state index is -1.19. The van der Waals surface area contributed by atoms with Crippen LogP contribution in [0.5, 0.6) is 0 Å². The topological polar surface area (TPSA) is 36.3 Å². The van der Waals surface area contributed by atoms with Crippen molar-refractivity contribution in [3.8, 4) is 6.07 Å². The van der Waals surface area contributed by atoms with Crippen LogP contribution in [0.4, 0.5) is 4.39 Å². The van der Waals surface area contributed by atoms with E-state index in [-0.39, 0.29) is 0 Å². The molecule has 2 unspecified atom stereocenters. The van der Waals surface area contributed by atoms with Gasteiger partial charge in [0.05, 0.1) is 11.6 Å². The molecular formula is C11H10FNO. The zero-order valence-electron chi connectivity index (χ0n) is 7.83. The van der Waals surface area contributed by atoms with Crippen molar-refractivity contribution in [1.82, 2.24) is 0 Å². The summed E-state index contributed by atoms with van der Waals surface area (Å²) in [6, 6.07) is 8.89. The normalized spacial score (nSPS) is 29.6. The molecule has 1 saturated heterocycles. The first kappa shape index (κ1) is 9.17. The van der Waals surface area contributed by atoms with E-state index >= 15 is 0 Å². The van der Waals surface area contributed by atoms with E-state index in [1.807, 2.05) is 13.0 Å². The van der Waals surface area contributed by atoms with Crippen LogP contribution in [0.15, 0.2) is 24.3 Å². The van der Waals surface area contributed by atoms with Gasteiger partial charge in [0, 0.05) is 0 Å². The maximum atomic E-state index is 13.0. The molecule has 0 bridgehead atoms. The highest BCUT2D eigenvalue weighted by Crippen LogP contribution is 2.49. The number of hydrogen-bond donors (Lipinski definition) is 0. The lowest BCUT2D eigenvalue weighted by atomic mass is 9.96. The van der Waals surface area contributed by atoms with Crippen molar-refractivity contribution < 1.29 is 9.13 Å². The maximum Gasteiger partial charge on any atom is 0.233 e. The van der Waals surface area contributed by atoms with Crippen LogP contribution in [0.1, 0.15) is 24.5 Å². The minimum Gasteiger partial charge on any atom is -0.328 e. The predicted molar refractivity (Wildman–Crippen MR) is 49.1 cm³/mol. The second-order valence-corrected chi connectivity index (χ2v) is 3.37. The van der Waals surface area contributed by atoms with Gasteiger partial charge in [-0.25, -0.2) is 4.39 Å². The van der Waals surface area contributed by atoms with E-state index < -0.39 is 12.0 Å². The van der Waals surface area contributed by atoms with Crippen LogP contribution in [-0.2, 0) is 10.3 Å². The Bertz CT molecular complexity index is 377. The fourth-order valence-corrected chi connectivity index (χ4v) is 1.62. The Hall–Kier alpha value is -1.40. The molecule has 0 radical (unpaired) electrons. The third-order valence-electron chi connectivity index (χ3n) is 2.65. The molecule has 14 heavy (non-hydrogen) atoms. The van der Waals surface area contributed by atoms with Crippen molar-refractivity contribution in [3.63, 3.8) is 0 Å². The first-order valence-electron chi connectivity index (χ1n) is 4.55. The Morgan fingerprint density at radius 2 is 2.07 bits per heavy atom. The largest absolute Gasteiger partial charge is 0.328 e. The summed E-state index contributed by atoms with van der Waals surface area (Å²) < 4.78 is 18.0. The summed E-state index contributed by atoms with van der Waals surface area (Å²) in [6.07, 6.45) is -0.583. The molecule has 2 rings (SSSR count). The molecule has 1 aliphatic heterocycles. The van der Waals surface area contributed by atoms with E-state index in [1.165, 1.54) is 0 Å². The predicted octanol–water partition coefficient (Wildman–Crippen LogP) is 2.49. The molecule has 2 atom stereocenters. The van der Waals surface area contributed by atoms with Crippen LogP contribution >= 0.6 is 0 Å². The molecule has 0 aliphatic carbocycles. The van der Waals surface area contributed by atoms with Gasteiger partial charge in [-0.3, -0.25) is 0 Å². The van der Waals surface area contributed by atoms with Gasteiger partial charge < -0.3 is 4.74 Å². The van der Waals surface area contributed by atoms with E-state index in [1.54, 1.807) is 24.3 Å². The lowest BCUT2D eigenvalue weighted by Crippen LogP contribution is -2.09. The molecule has 1 aliphatic rings. The average Bonchev–Trinajstić information content (AvgIpc) is 2.91. The highest BCUT2D eigenvalue weighted by Gasteiger charge is 2.57. The Balaban J connectivity index is 2.30. The molecule has 1 aromatic rings. The van der Waals surface area contributed by atoms with Crippen molar-refractivity contribution in [1.29, 1.82) is 5.26 Å². The van der Waals surface area contributed by atoms with Crippen molar-refractivity contribution in [2.24, 2.45) is 0 Å². The van der Waals surface area contributed by atoms with Crippen LogP contribution in [0, 0.1) is 11.3 Å². The number of alkyl halides is 1. The van der Waals surface area contributed by atoms with Gasteiger partial charge in [-0.2, -0.15) is 5.26 Å². The standard InChI is InChI=1S/C11H10FNO/c1-2-11(10(12)14-11)9-5-3-8(7-13)4-6-9/h3-6,10H,2H2,1H3. The number of nitrogens with zero attached hydrogens (tertiary/aromatic N) is 1. The van der Waals surface area contributed by atoms with Crippen molar-refractivity contribution in [2.45, 2.75) is 25.3 Å². The smallest absolute Gasteiger partial charge is 0.233 e. The number of nitriles is 1. The van der Waals surface area contributed by atoms with Crippen LogP contribution in [-0.4, -0.2) is 6.36 Å². The molecule has 0 amide bonds. The summed E-state index contributed by atoms with van der Waals surface area (Å²) in [5, 5.41) is 8.60. The van der Waals surface area contributed by atoms with Crippen LogP contribution in [0.2, 0.25) is 0 Å². The first-order chi connectivity index (χ1) is 6.73. The number of rotatable bonds is 2. The van der Waals surface area contributed by atoms with Gasteiger partial charge in [-0.05, 0) is 24.1 Å². The maximum absolute atomic E-state index is 13.0. The summed E-state index contributed by atoms with van der Waals surface area (Å²) in [5.41, 5.74) is 0.649. The fourth-order valence-electron chi connectivity index (χ4n) is 1.62. The molecule has 1 aromatic carbocycles. The van der Waals surface area contributed by atoms with Gasteiger partial charge in [-0.15, -0.1) is 0 Å².